The van der Waals surface area contributed by atoms with Gasteiger partial charge in [-0.05, 0) is 37.7 Å². The Kier molecular flexibility index (Phi) is 6.04. The molecule has 4 rings (SSSR count). The highest BCUT2D eigenvalue weighted by Crippen LogP contribution is 2.23. The minimum atomic E-state index is 0.214. The number of anilines is 2. The maximum Gasteiger partial charge on any atom is 0.224 e. The Labute approximate surface area is 166 Å². The summed E-state index contributed by atoms with van der Waals surface area (Å²) < 4.78 is 8.22. The van der Waals surface area contributed by atoms with Crippen molar-refractivity contribution in [3.8, 4) is 0 Å². The first-order valence-electron chi connectivity index (χ1n) is 10.6. The number of fused-ring (bicyclic) bond motifs is 1. The molecule has 28 heavy (non-hydrogen) atoms. The summed E-state index contributed by atoms with van der Waals surface area (Å²) in [6, 6.07) is 2.20. The van der Waals surface area contributed by atoms with Crippen LogP contribution >= 0.6 is 0 Å². The monoisotopic (exact) mass is 385 g/mol. The molecule has 2 N–H and O–H groups in total. The van der Waals surface area contributed by atoms with Crippen LogP contribution in [-0.4, -0.2) is 43.5 Å². The number of rotatable bonds is 6. The van der Waals surface area contributed by atoms with Gasteiger partial charge >= 0.3 is 0 Å². The lowest BCUT2D eigenvalue weighted by molar-refractivity contribution is -0.0203. The van der Waals surface area contributed by atoms with E-state index in [2.05, 4.69) is 49.2 Å². The van der Waals surface area contributed by atoms with Crippen LogP contribution in [0.15, 0.2) is 12.3 Å². The molecule has 0 aromatic carbocycles. The minimum Gasteiger partial charge on any atom is -0.376 e. The molecule has 0 unspecified atom stereocenters. The largest absolute Gasteiger partial charge is 0.376 e. The van der Waals surface area contributed by atoms with Gasteiger partial charge < -0.3 is 19.9 Å². The van der Waals surface area contributed by atoms with Crippen molar-refractivity contribution < 1.29 is 4.74 Å². The number of hydrogen-bond acceptors (Lipinski definition) is 7. The van der Waals surface area contributed by atoms with E-state index in [0.717, 1.165) is 49.9 Å². The molecule has 0 radical (unpaired) electrons. The van der Waals surface area contributed by atoms with Gasteiger partial charge in [0.1, 0.15) is 11.6 Å². The summed E-state index contributed by atoms with van der Waals surface area (Å²) in [6.07, 6.45) is 8.84. The maximum atomic E-state index is 5.97. The molecule has 2 atom stereocenters. The van der Waals surface area contributed by atoms with E-state index in [9.17, 15) is 0 Å². The first-order valence-corrected chi connectivity index (χ1v) is 10.6. The lowest BCUT2D eigenvalue weighted by atomic mass is 9.94. The second-order valence-electron chi connectivity index (χ2n) is 8.09. The SMILES string of the molecule is CC(C)[C@@H]1OCCC[C@H]1Nc1ccnc(NCc2nnc3n2CCCCC3)n1. The fourth-order valence-corrected chi connectivity index (χ4v) is 4.16. The predicted molar refractivity (Wildman–Crippen MR) is 108 cm³/mol. The lowest BCUT2D eigenvalue weighted by Gasteiger charge is -2.35. The van der Waals surface area contributed by atoms with Crippen molar-refractivity contribution in [2.75, 3.05) is 17.2 Å². The van der Waals surface area contributed by atoms with Crippen LogP contribution in [-0.2, 0) is 24.2 Å². The molecule has 2 aliphatic heterocycles. The summed E-state index contributed by atoms with van der Waals surface area (Å²) in [7, 11) is 0. The van der Waals surface area contributed by atoms with Crippen molar-refractivity contribution in [2.45, 2.75) is 77.6 Å². The molecule has 4 heterocycles. The smallest absolute Gasteiger partial charge is 0.224 e. The van der Waals surface area contributed by atoms with Crippen molar-refractivity contribution in [2.24, 2.45) is 5.92 Å². The van der Waals surface area contributed by atoms with Crippen LogP contribution in [0, 0.1) is 5.92 Å². The summed E-state index contributed by atoms with van der Waals surface area (Å²) >= 11 is 0. The molecule has 8 heteroatoms. The molecule has 2 aromatic rings. The molecule has 152 valence electrons. The van der Waals surface area contributed by atoms with Crippen LogP contribution < -0.4 is 10.6 Å². The Balaban J connectivity index is 1.40. The van der Waals surface area contributed by atoms with Gasteiger partial charge in [0.2, 0.25) is 5.95 Å². The van der Waals surface area contributed by atoms with Crippen molar-refractivity contribution in [1.29, 1.82) is 0 Å². The highest BCUT2D eigenvalue weighted by molar-refractivity contribution is 5.40. The van der Waals surface area contributed by atoms with Crippen LogP contribution in [0.3, 0.4) is 0 Å². The van der Waals surface area contributed by atoms with E-state index in [0.29, 0.717) is 18.4 Å². The van der Waals surface area contributed by atoms with Crippen molar-refractivity contribution >= 4 is 11.8 Å². The Morgan fingerprint density at radius 3 is 3.04 bits per heavy atom. The zero-order valence-electron chi connectivity index (χ0n) is 16.9. The third-order valence-corrected chi connectivity index (χ3v) is 5.60. The molecule has 0 bridgehead atoms. The minimum absolute atomic E-state index is 0.214. The molecule has 0 spiro atoms. The standard InChI is InChI=1S/C20H31N7O/c1-14(2)19-15(7-6-12-28-19)23-16-9-10-21-20(24-16)22-13-18-26-25-17-8-4-3-5-11-27(17)18/h9-10,14-15,19H,3-8,11-13H2,1-2H3,(H2,21,22,23,24)/t15-,19+/m1/s1. The van der Waals surface area contributed by atoms with E-state index in [1.165, 1.54) is 19.3 Å². The van der Waals surface area contributed by atoms with Crippen LogP contribution in [0.25, 0.3) is 0 Å². The summed E-state index contributed by atoms with van der Waals surface area (Å²) in [5.41, 5.74) is 0. The highest BCUT2D eigenvalue weighted by atomic mass is 16.5. The van der Waals surface area contributed by atoms with E-state index in [1.807, 2.05) is 6.07 Å². The second kappa shape index (κ2) is 8.86. The maximum absolute atomic E-state index is 5.97. The third-order valence-electron chi connectivity index (χ3n) is 5.60. The van der Waals surface area contributed by atoms with Gasteiger partial charge in [-0.1, -0.05) is 20.3 Å². The Morgan fingerprint density at radius 1 is 1.21 bits per heavy atom. The predicted octanol–water partition coefficient (Wildman–Crippen LogP) is 3.02. The van der Waals surface area contributed by atoms with Gasteiger partial charge in [-0.15, -0.1) is 10.2 Å². The fraction of sp³-hybridized carbons (Fsp3) is 0.700. The van der Waals surface area contributed by atoms with Gasteiger partial charge in [-0.2, -0.15) is 4.98 Å². The Bertz CT molecular complexity index is 776. The second-order valence-corrected chi connectivity index (χ2v) is 8.09. The summed E-state index contributed by atoms with van der Waals surface area (Å²) in [5, 5.41) is 15.6. The lowest BCUT2D eigenvalue weighted by Crippen LogP contribution is -2.43. The van der Waals surface area contributed by atoms with Crippen LogP contribution in [0.5, 0.6) is 0 Å². The fourth-order valence-electron chi connectivity index (χ4n) is 4.16. The molecular weight excluding hydrogens is 354 g/mol. The zero-order chi connectivity index (χ0) is 19.3. The van der Waals surface area contributed by atoms with Crippen LogP contribution in [0.4, 0.5) is 11.8 Å². The van der Waals surface area contributed by atoms with E-state index in [1.54, 1.807) is 6.20 Å². The van der Waals surface area contributed by atoms with E-state index in [4.69, 9.17) is 4.74 Å². The van der Waals surface area contributed by atoms with Crippen molar-refractivity contribution in [3.05, 3.63) is 23.9 Å². The first kappa shape index (κ1) is 19.1. The quantitative estimate of drug-likeness (QED) is 0.790. The number of hydrogen-bond donors (Lipinski definition) is 2. The molecule has 0 amide bonds. The number of nitrogens with zero attached hydrogens (tertiary/aromatic N) is 5. The summed E-state index contributed by atoms with van der Waals surface area (Å²) in [5.74, 6) is 3.97. The van der Waals surface area contributed by atoms with E-state index >= 15 is 0 Å². The third kappa shape index (κ3) is 4.43. The summed E-state index contributed by atoms with van der Waals surface area (Å²) in [6.45, 7) is 6.84. The Morgan fingerprint density at radius 2 is 2.14 bits per heavy atom. The molecule has 0 aliphatic carbocycles. The topological polar surface area (TPSA) is 89.8 Å². The summed E-state index contributed by atoms with van der Waals surface area (Å²) in [4.78, 5) is 9.01. The molecule has 1 saturated heterocycles. The first-order chi connectivity index (χ1) is 13.7. The van der Waals surface area contributed by atoms with Gasteiger partial charge in [0.15, 0.2) is 5.82 Å². The average Bonchev–Trinajstić information content (AvgIpc) is 2.93. The number of nitrogens with one attached hydrogen (secondary N) is 2. The van der Waals surface area contributed by atoms with Gasteiger partial charge in [-0.3, -0.25) is 0 Å². The molecule has 2 aromatic heterocycles. The highest BCUT2D eigenvalue weighted by Gasteiger charge is 2.28. The Hall–Kier alpha value is -2.22. The van der Waals surface area contributed by atoms with Crippen molar-refractivity contribution in [3.63, 3.8) is 0 Å². The van der Waals surface area contributed by atoms with Crippen LogP contribution in [0.2, 0.25) is 0 Å². The molecule has 8 nitrogen and oxygen atoms in total. The number of aromatic nitrogens is 5. The van der Waals surface area contributed by atoms with Crippen molar-refractivity contribution in [1.82, 2.24) is 24.7 Å². The molecule has 2 aliphatic rings. The van der Waals surface area contributed by atoms with Gasteiger partial charge in [-0.25, -0.2) is 4.98 Å². The molecule has 0 saturated carbocycles. The van der Waals surface area contributed by atoms with Gasteiger partial charge in [0.25, 0.3) is 0 Å². The van der Waals surface area contributed by atoms with Gasteiger partial charge in [0.05, 0.1) is 18.7 Å². The molecule has 1 fully saturated rings. The number of aryl methyl sites for hydroxylation is 1. The van der Waals surface area contributed by atoms with E-state index < -0.39 is 0 Å². The van der Waals surface area contributed by atoms with Crippen LogP contribution in [0.1, 0.15) is 57.6 Å². The van der Waals surface area contributed by atoms with E-state index in [-0.39, 0.29) is 12.1 Å². The zero-order valence-corrected chi connectivity index (χ0v) is 16.9. The van der Waals surface area contributed by atoms with Gasteiger partial charge in [0, 0.05) is 25.8 Å². The normalized spacial score (nSPS) is 22.5. The number of ether oxygens (including phenoxy) is 1. The molecular formula is C20H31N7O. The average molecular weight is 386 g/mol.